The molecular formula is C7H2ClF5N2O5S. The van der Waals surface area contributed by atoms with Crippen LogP contribution >= 0.6 is 10.7 Å². The van der Waals surface area contributed by atoms with Crippen LogP contribution in [0, 0.1) is 10.1 Å². The van der Waals surface area contributed by atoms with E-state index in [9.17, 15) is 40.5 Å². The van der Waals surface area contributed by atoms with Crippen LogP contribution < -0.4 is 4.74 Å². The first kappa shape index (κ1) is 17.3. The third kappa shape index (κ3) is 4.10. The summed E-state index contributed by atoms with van der Waals surface area (Å²) in [6, 6.07) is 0. The van der Waals surface area contributed by atoms with Gasteiger partial charge in [-0.25, -0.2) is 17.2 Å². The van der Waals surface area contributed by atoms with Gasteiger partial charge in [0.05, 0.1) is 0 Å². The van der Waals surface area contributed by atoms with Crippen molar-refractivity contribution < 1.29 is 40.0 Å². The molecule has 7 nitrogen and oxygen atoms in total. The third-order valence-electron chi connectivity index (χ3n) is 1.87. The van der Waals surface area contributed by atoms with E-state index in [1.807, 2.05) is 0 Å². The van der Waals surface area contributed by atoms with Crippen molar-refractivity contribution in [1.82, 2.24) is 4.98 Å². The maximum Gasteiger partial charge on any atom is 0.573 e. The molecule has 0 radical (unpaired) electrons. The Labute approximate surface area is 116 Å². The van der Waals surface area contributed by atoms with Crippen molar-refractivity contribution in [2.75, 3.05) is 0 Å². The van der Waals surface area contributed by atoms with Crippen molar-refractivity contribution in [1.29, 1.82) is 0 Å². The molecule has 0 aliphatic carbocycles. The summed E-state index contributed by atoms with van der Waals surface area (Å²) in [5.74, 6) is -3.35. The van der Waals surface area contributed by atoms with E-state index in [0.717, 1.165) is 0 Å². The Morgan fingerprint density at radius 2 is 1.90 bits per heavy atom. The lowest BCUT2D eigenvalue weighted by Crippen LogP contribution is -2.20. The first-order chi connectivity index (χ1) is 9.34. The molecule has 0 aliphatic heterocycles. The number of rotatable bonds is 4. The molecule has 0 fully saturated rings. The van der Waals surface area contributed by atoms with Gasteiger partial charge in [-0.05, 0) is 9.91 Å². The molecule has 0 spiro atoms. The van der Waals surface area contributed by atoms with Crippen LogP contribution in [0.25, 0.3) is 0 Å². The van der Waals surface area contributed by atoms with Crippen molar-refractivity contribution in [2.24, 2.45) is 0 Å². The van der Waals surface area contributed by atoms with Crippen molar-refractivity contribution in [3.8, 4) is 5.75 Å². The van der Waals surface area contributed by atoms with Gasteiger partial charge in [0.25, 0.3) is 15.5 Å². The van der Waals surface area contributed by atoms with E-state index in [2.05, 4.69) is 9.72 Å². The van der Waals surface area contributed by atoms with Gasteiger partial charge in [-0.15, -0.1) is 13.2 Å². The fourth-order valence-corrected chi connectivity index (χ4v) is 2.53. The number of hydrogen-bond donors (Lipinski definition) is 0. The number of halogens is 6. The summed E-state index contributed by atoms with van der Waals surface area (Å²) in [6.07, 6.45) is -9.32. The molecule has 14 heteroatoms. The van der Waals surface area contributed by atoms with Gasteiger partial charge < -0.3 is 14.9 Å². The highest BCUT2D eigenvalue weighted by atomic mass is 35.7. The number of alkyl halides is 5. The van der Waals surface area contributed by atoms with Crippen molar-refractivity contribution in [3.63, 3.8) is 0 Å². The van der Waals surface area contributed by atoms with E-state index >= 15 is 0 Å². The maximum absolute atomic E-state index is 12.8. The van der Waals surface area contributed by atoms with Crippen LogP contribution in [-0.4, -0.2) is 24.7 Å². The van der Waals surface area contributed by atoms with Crippen LogP contribution in [0.5, 0.6) is 5.75 Å². The molecular weight excluding hydrogens is 355 g/mol. The smallest absolute Gasteiger partial charge is 0.400 e. The molecule has 21 heavy (non-hydrogen) atoms. The minimum absolute atomic E-state index is 0.0350. The normalized spacial score (nSPS) is 12.5. The van der Waals surface area contributed by atoms with E-state index in [4.69, 9.17) is 10.7 Å². The summed E-state index contributed by atoms with van der Waals surface area (Å²) in [5.41, 5.74) is -1.89. The Bertz CT molecular complexity index is 677. The van der Waals surface area contributed by atoms with E-state index < -0.39 is 48.8 Å². The fourth-order valence-electron chi connectivity index (χ4n) is 1.27. The van der Waals surface area contributed by atoms with Crippen LogP contribution in [0.15, 0.2) is 11.1 Å². The summed E-state index contributed by atoms with van der Waals surface area (Å²) >= 11 is 0. The molecule has 1 heterocycles. The zero-order valence-electron chi connectivity index (χ0n) is 9.27. The van der Waals surface area contributed by atoms with Gasteiger partial charge in [0.15, 0.2) is 11.9 Å². The van der Waals surface area contributed by atoms with Crippen molar-refractivity contribution >= 4 is 25.6 Å². The average Bonchev–Trinajstić information content (AvgIpc) is 2.23. The van der Waals surface area contributed by atoms with Crippen LogP contribution in [0.1, 0.15) is 12.0 Å². The highest BCUT2D eigenvalue weighted by Crippen LogP contribution is 2.41. The van der Waals surface area contributed by atoms with Crippen LogP contribution in [0.2, 0.25) is 0 Å². The highest BCUT2D eigenvalue weighted by Gasteiger charge is 2.40. The van der Waals surface area contributed by atoms with Gasteiger partial charge in [0.2, 0.25) is 0 Å². The first-order valence-corrected chi connectivity index (χ1v) is 6.81. The maximum atomic E-state index is 12.8. The molecule has 0 aliphatic rings. The molecule has 0 bridgehead atoms. The van der Waals surface area contributed by atoms with E-state index in [1.54, 1.807) is 0 Å². The van der Waals surface area contributed by atoms with E-state index in [-0.39, 0.29) is 6.20 Å². The summed E-state index contributed by atoms with van der Waals surface area (Å²) in [5, 5.41) is 10.5. The number of nitro groups is 1. The van der Waals surface area contributed by atoms with Crippen LogP contribution in [0.3, 0.4) is 0 Å². The predicted molar refractivity (Wildman–Crippen MR) is 55.6 cm³/mol. The van der Waals surface area contributed by atoms with Crippen molar-refractivity contribution in [2.45, 2.75) is 17.7 Å². The monoisotopic (exact) mass is 356 g/mol. The Balaban J connectivity index is 3.78. The average molecular weight is 357 g/mol. The number of pyridine rings is 1. The SMILES string of the molecule is O=[N+]([O-])c1ncc(OC(F)(F)F)c(S(=O)(=O)Cl)c1C(F)F. The molecule has 0 unspecified atom stereocenters. The minimum Gasteiger partial charge on any atom is -0.400 e. The van der Waals surface area contributed by atoms with E-state index in [0.29, 0.717) is 0 Å². The van der Waals surface area contributed by atoms with Gasteiger partial charge in [0.1, 0.15) is 10.5 Å². The second-order valence-electron chi connectivity index (χ2n) is 3.23. The Morgan fingerprint density at radius 1 is 1.38 bits per heavy atom. The topological polar surface area (TPSA) is 99.4 Å². The Kier molecular flexibility index (Phi) is 4.57. The molecule has 1 aromatic rings. The number of hydrogen-bond acceptors (Lipinski definition) is 6. The summed E-state index contributed by atoms with van der Waals surface area (Å²) in [7, 11) is -0.455. The number of ether oxygens (including phenoxy) is 1. The lowest BCUT2D eigenvalue weighted by atomic mass is 10.2. The molecule has 0 amide bonds. The molecule has 1 aromatic heterocycles. The first-order valence-electron chi connectivity index (χ1n) is 4.50. The van der Waals surface area contributed by atoms with E-state index in [1.165, 1.54) is 0 Å². The van der Waals surface area contributed by atoms with Gasteiger partial charge in [0, 0.05) is 10.7 Å². The Hall–Kier alpha value is -1.76. The summed E-state index contributed by atoms with van der Waals surface area (Å²) in [6.45, 7) is 0. The molecule has 0 aromatic carbocycles. The fraction of sp³-hybridized carbons (Fsp3) is 0.286. The molecule has 1 rings (SSSR count). The lowest BCUT2D eigenvalue weighted by molar-refractivity contribution is -0.391. The van der Waals surface area contributed by atoms with Crippen LogP contribution in [-0.2, 0) is 9.05 Å². The number of aromatic nitrogens is 1. The third-order valence-corrected chi connectivity index (χ3v) is 3.25. The standard InChI is InChI=1S/C7H2ClF5N2O5S/c8-21(18,19)4-2(20-7(11,12)13)1-14-6(15(16)17)3(4)5(9)10/h1,5H. The predicted octanol–water partition coefficient (Wildman–Crippen LogP) is 2.75. The molecule has 0 saturated carbocycles. The second kappa shape index (κ2) is 5.55. The second-order valence-corrected chi connectivity index (χ2v) is 5.74. The zero-order chi connectivity index (χ0) is 16.6. The largest absolute Gasteiger partial charge is 0.573 e. The highest BCUT2D eigenvalue weighted by molar-refractivity contribution is 8.13. The lowest BCUT2D eigenvalue weighted by Gasteiger charge is -2.13. The molecule has 118 valence electrons. The minimum atomic E-state index is -5.45. The summed E-state index contributed by atoms with van der Waals surface area (Å²) < 4.78 is 87.4. The van der Waals surface area contributed by atoms with Gasteiger partial charge >= 0.3 is 12.2 Å². The van der Waals surface area contributed by atoms with Gasteiger partial charge in [-0.1, -0.05) is 0 Å². The van der Waals surface area contributed by atoms with Gasteiger partial charge in [-0.2, -0.15) is 0 Å². The summed E-state index contributed by atoms with van der Waals surface area (Å²) in [4.78, 5) is 9.88. The molecule has 0 N–H and O–H groups in total. The number of nitrogens with zero attached hydrogens (tertiary/aromatic N) is 2. The zero-order valence-corrected chi connectivity index (χ0v) is 10.8. The molecule has 0 atom stereocenters. The molecule has 0 saturated heterocycles. The quantitative estimate of drug-likeness (QED) is 0.356. The van der Waals surface area contributed by atoms with Crippen LogP contribution in [0.4, 0.5) is 27.8 Å². The Morgan fingerprint density at radius 3 is 2.24 bits per heavy atom. The van der Waals surface area contributed by atoms with Crippen molar-refractivity contribution in [3.05, 3.63) is 21.9 Å². The van der Waals surface area contributed by atoms with Gasteiger partial charge in [-0.3, -0.25) is 0 Å².